The van der Waals surface area contributed by atoms with Gasteiger partial charge < -0.3 is 23.7 Å². The number of likely N-dealkylation sites (tertiary alicyclic amines) is 1. The Hall–Kier alpha value is -1.29. The molecule has 0 aromatic heterocycles. The smallest absolute Gasteiger partial charge is 0.410 e. The lowest BCUT2D eigenvalue weighted by molar-refractivity contribution is -0.456. The van der Waals surface area contributed by atoms with Gasteiger partial charge in [0.05, 0.1) is 18.2 Å². The van der Waals surface area contributed by atoms with Crippen LogP contribution in [0.25, 0.3) is 0 Å². The molecule has 1 amide bonds. The van der Waals surface area contributed by atoms with Crippen molar-refractivity contribution in [3.8, 4) is 0 Å². The van der Waals surface area contributed by atoms with Crippen LogP contribution in [0.1, 0.15) is 47.5 Å². The fourth-order valence-electron chi connectivity index (χ4n) is 4.36. The molecule has 7 nitrogen and oxygen atoms in total. The van der Waals surface area contributed by atoms with Gasteiger partial charge in [0.2, 0.25) is 11.6 Å². The SMILES string of the molecule is COC1(C)OC2CN(C(=O)OC(C)(C)C)C3(CC3)C(C=C(F)F)C2OC1(C)OC. The maximum Gasteiger partial charge on any atom is 0.410 e. The number of methoxy groups -OCH3 is 2. The largest absolute Gasteiger partial charge is 0.444 e. The zero-order valence-corrected chi connectivity index (χ0v) is 18.1. The van der Waals surface area contributed by atoms with Crippen LogP contribution in [0.2, 0.25) is 0 Å². The summed E-state index contributed by atoms with van der Waals surface area (Å²) in [5.74, 6) is -3.37. The van der Waals surface area contributed by atoms with Gasteiger partial charge >= 0.3 is 6.09 Å². The number of fused-ring (bicyclic) bond motifs is 1. The summed E-state index contributed by atoms with van der Waals surface area (Å²) in [6.45, 7) is 8.76. The van der Waals surface area contributed by atoms with Crippen molar-refractivity contribution < 1.29 is 37.3 Å². The van der Waals surface area contributed by atoms with E-state index in [2.05, 4.69) is 0 Å². The summed E-state index contributed by atoms with van der Waals surface area (Å²) >= 11 is 0. The molecule has 9 heteroatoms. The molecule has 0 aromatic carbocycles. The molecular weight excluding hydrogens is 388 g/mol. The van der Waals surface area contributed by atoms with Gasteiger partial charge in [-0.1, -0.05) is 0 Å². The maximum absolute atomic E-state index is 13.4. The van der Waals surface area contributed by atoms with Crippen molar-refractivity contribution in [1.82, 2.24) is 4.90 Å². The Kier molecular flexibility index (Phi) is 5.52. The van der Waals surface area contributed by atoms with Gasteiger partial charge in [-0.3, -0.25) is 4.90 Å². The van der Waals surface area contributed by atoms with Gasteiger partial charge in [-0.25, -0.2) is 4.79 Å². The summed E-state index contributed by atoms with van der Waals surface area (Å²) in [6.07, 6.45) is -1.76. The van der Waals surface area contributed by atoms with Crippen molar-refractivity contribution in [2.45, 2.75) is 82.4 Å². The molecule has 1 spiro atoms. The minimum absolute atomic E-state index is 0.149. The number of halogens is 2. The highest BCUT2D eigenvalue weighted by Crippen LogP contribution is 2.57. The number of nitrogens with zero attached hydrogens (tertiary/aromatic N) is 1. The van der Waals surface area contributed by atoms with E-state index in [0.717, 1.165) is 6.08 Å². The van der Waals surface area contributed by atoms with E-state index in [1.54, 1.807) is 34.6 Å². The number of carbonyl (C=O) groups is 1. The summed E-state index contributed by atoms with van der Waals surface area (Å²) in [5.41, 5.74) is -1.49. The second kappa shape index (κ2) is 7.14. The number of ether oxygens (including phenoxy) is 5. The van der Waals surface area contributed by atoms with Gasteiger partial charge in [-0.05, 0) is 53.5 Å². The Morgan fingerprint density at radius 2 is 1.66 bits per heavy atom. The molecule has 29 heavy (non-hydrogen) atoms. The topological polar surface area (TPSA) is 66.5 Å². The standard InChI is InChI=1S/C20H31F2NO6/c1-17(2,3)29-16(24)23-11-13-15(12(10-14(21)22)20(23)8-9-20)28-19(5,26-7)18(4,25-6)27-13/h10,12-13,15H,8-9,11H2,1-7H3. The zero-order valence-electron chi connectivity index (χ0n) is 18.1. The van der Waals surface area contributed by atoms with E-state index in [9.17, 15) is 13.6 Å². The number of piperidine rings is 1. The molecule has 5 unspecified atom stereocenters. The number of carbonyl (C=O) groups excluding carboxylic acids is 1. The predicted molar refractivity (Wildman–Crippen MR) is 99.3 cm³/mol. The van der Waals surface area contributed by atoms with Crippen molar-refractivity contribution in [2.24, 2.45) is 5.92 Å². The number of hydrogen-bond donors (Lipinski definition) is 0. The van der Waals surface area contributed by atoms with Crippen molar-refractivity contribution in [3.63, 3.8) is 0 Å². The van der Waals surface area contributed by atoms with Gasteiger partial charge in [0.1, 0.15) is 11.7 Å². The predicted octanol–water partition coefficient (Wildman–Crippen LogP) is 3.68. The van der Waals surface area contributed by atoms with Gasteiger partial charge in [-0.15, -0.1) is 0 Å². The minimum atomic E-state index is -1.83. The van der Waals surface area contributed by atoms with Crippen LogP contribution in [0.15, 0.2) is 12.2 Å². The average molecular weight is 419 g/mol. The number of rotatable bonds is 3. The van der Waals surface area contributed by atoms with E-state index < -0.39 is 53.0 Å². The third kappa shape index (κ3) is 3.78. The summed E-state index contributed by atoms with van der Waals surface area (Å²) in [7, 11) is 2.90. The highest BCUT2D eigenvalue weighted by molar-refractivity contribution is 5.70. The van der Waals surface area contributed by atoms with Crippen LogP contribution < -0.4 is 0 Å². The first kappa shape index (κ1) is 22.4. The first-order valence-corrected chi connectivity index (χ1v) is 9.80. The fraction of sp³-hybridized carbons (Fsp3) is 0.850. The molecule has 3 rings (SSSR count). The van der Waals surface area contributed by atoms with E-state index in [1.165, 1.54) is 19.1 Å². The average Bonchev–Trinajstić information content (AvgIpc) is 3.38. The first-order valence-electron chi connectivity index (χ1n) is 9.80. The van der Waals surface area contributed by atoms with Crippen LogP contribution in [0, 0.1) is 5.92 Å². The van der Waals surface area contributed by atoms with Crippen LogP contribution in [0.4, 0.5) is 13.6 Å². The van der Waals surface area contributed by atoms with Gasteiger partial charge in [0, 0.05) is 20.1 Å². The van der Waals surface area contributed by atoms with E-state index in [0.29, 0.717) is 12.8 Å². The van der Waals surface area contributed by atoms with E-state index in [-0.39, 0.29) is 6.54 Å². The molecule has 2 aliphatic heterocycles. The highest BCUT2D eigenvalue weighted by Gasteiger charge is 2.68. The Bertz CT molecular complexity index is 687. The summed E-state index contributed by atoms with van der Waals surface area (Å²) < 4.78 is 55.8. The lowest BCUT2D eigenvalue weighted by Crippen LogP contribution is -2.72. The van der Waals surface area contributed by atoms with E-state index in [1.807, 2.05) is 0 Å². The second-order valence-corrected chi connectivity index (χ2v) is 9.22. The van der Waals surface area contributed by atoms with Crippen molar-refractivity contribution in [3.05, 3.63) is 12.2 Å². The minimum Gasteiger partial charge on any atom is -0.444 e. The van der Waals surface area contributed by atoms with Crippen LogP contribution in [-0.2, 0) is 23.7 Å². The van der Waals surface area contributed by atoms with Crippen molar-refractivity contribution in [1.29, 1.82) is 0 Å². The lowest BCUT2D eigenvalue weighted by atomic mass is 9.81. The van der Waals surface area contributed by atoms with Crippen molar-refractivity contribution in [2.75, 3.05) is 20.8 Å². The molecule has 0 aromatic rings. The normalized spacial score (nSPS) is 38.4. The van der Waals surface area contributed by atoms with Crippen LogP contribution in [-0.4, -0.2) is 66.7 Å². The van der Waals surface area contributed by atoms with Gasteiger partial charge in [0.25, 0.3) is 6.08 Å². The Balaban J connectivity index is 2.00. The monoisotopic (exact) mass is 419 g/mol. The van der Waals surface area contributed by atoms with Crippen LogP contribution >= 0.6 is 0 Å². The molecule has 0 bridgehead atoms. The van der Waals surface area contributed by atoms with Gasteiger partial charge in [-0.2, -0.15) is 8.78 Å². The Labute approximate surface area is 170 Å². The summed E-state index contributed by atoms with van der Waals surface area (Å²) in [6, 6.07) is 0. The van der Waals surface area contributed by atoms with E-state index in [4.69, 9.17) is 23.7 Å². The molecule has 2 saturated heterocycles. The quantitative estimate of drug-likeness (QED) is 0.695. The number of amides is 1. The first-order chi connectivity index (χ1) is 13.3. The van der Waals surface area contributed by atoms with E-state index >= 15 is 0 Å². The molecule has 1 aliphatic carbocycles. The van der Waals surface area contributed by atoms with Gasteiger partial charge in [0.15, 0.2) is 0 Å². The lowest BCUT2D eigenvalue weighted by Gasteiger charge is -2.58. The third-order valence-electron chi connectivity index (χ3n) is 6.26. The molecule has 0 radical (unpaired) electrons. The molecule has 166 valence electrons. The fourth-order valence-corrected chi connectivity index (χ4v) is 4.36. The van der Waals surface area contributed by atoms with Crippen molar-refractivity contribution >= 4 is 6.09 Å². The Morgan fingerprint density at radius 1 is 1.10 bits per heavy atom. The highest BCUT2D eigenvalue weighted by atomic mass is 19.3. The molecular formula is C20H31F2NO6. The second-order valence-electron chi connectivity index (χ2n) is 9.22. The van der Waals surface area contributed by atoms with Crippen LogP contribution in [0.3, 0.4) is 0 Å². The summed E-state index contributed by atoms with van der Waals surface area (Å²) in [5, 5.41) is 0. The van der Waals surface area contributed by atoms with Crippen LogP contribution in [0.5, 0.6) is 0 Å². The molecule has 1 saturated carbocycles. The third-order valence-corrected chi connectivity index (χ3v) is 6.26. The Morgan fingerprint density at radius 3 is 2.10 bits per heavy atom. The molecule has 2 heterocycles. The molecule has 3 fully saturated rings. The number of hydrogen-bond acceptors (Lipinski definition) is 6. The summed E-state index contributed by atoms with van der Waals surface area (Å²) in [4.78, 5) is 14.5. The molecule has 0 N–H and O–H groups in total. The maximum atomic E-state index is 13.4. The zero-order chi connectivity index (χ0) is 21.8. The molecule has 3 aliphatic rings. The molecule has 5 atom stereocenters.